The third kappa shape index (κ3) is 5.17. The highest BCUT2D eigenvalue weighted by molar-refractivity contribution is 5.78. The van der Waals surface area contributed by atoms with Crippen LogP contribution in [0.3, 0.4) is 0 Å². The number of nitriles is 1. The summed E-state index contributed by atoms with van der Waals surface area (Å²) in [5.74, 6) is 1.09. The summed E-state index contributed by atoms with van der Waals surface area (Å²) in [6, 6.07) is 2.69. The van der Waals surface area contributed by atoms with E-state index in [1.807, 2.05) is 4.90 Å². The van der Waals surface area contributed by atoms with Gasteiger partial charge in [-0.1, -0.05) is 13.8 Å². The van der Waals surface area contributed by atoms with Crippen LogP contribution < -0.4 is 5.32 Å². The van der Waals surface area contributed by atoms with E-state index in [9.17, 15) is 10.1 Å². The first-order chi connectivity index (χ1) is 11.5. The summed E-state index contributed by atoms with van der Waals surface area (Å²) in [6.07, 6.45) is 2.15. The van der Waals surface area contributed by atoms with Gasteiger partial charge in [0.25, 0.3) is 0 Å². The van der Waals surface area contributed by atoms with Gasteiger partial charge in [0, 0.05) is 45.4 Å². The Hall–Kier alpha value is -1.16. The summed E-state index contributed by atoms with van der Waals surface area (Å²) < 4.78 is 5.40. The molecule has 2 saturated heterocycles. The van der Waals surface area contributed by atoms with Crippen LogP contribution in [0.2, 0.25) is 0 Å². The van der Waals surface area contributed by atoms with Crippen LogP contribution in [0.4, 0.5) is 0 Å². The second kappa shape index (κ2) is 9.36. The Morgan fingerprint density at radius 1 is 1.21 bits per heavy atom. The molecule has 0 aromatic heterocycles. The molecule has 0 saturated carbocycles. The molecule has 2 aliphatic heterocycles. The maximum atomic E-state index is 12.4. The van der Waals surface area contributed by atoms with Gasteiger partial charge in [0.1, 0.15) is 6.04 Å². The number of hydrogen-bond acceptors (Lipinski definition) is 5. The number of amides is 1. The van der Waals surface area contributed by atoms with E-state index in [-0.39, 0.29) is 11.9 Å². The molecule has 0 aromatic rings. The molecule has 0 unspecified atom stereocenters. The minimum absolute atomic E-state index is 0.0473. The molecular formula is C18H32N4O2. The van der Waals surface area contributed by atoms with Gasteiger partial charge in [-0.3, -0.25) is 9.69 Å². The Bertz CT molecular complexity index is 435. The van der Waals surface area contributed by atoms with Crippen LogP contribution in [-0.4, -0.2) is 73.7 Å². The van der Waals surface area contributed by atoms with Gasteiger partial charge in [-0.2, -0.15) is 5.26 Å². The highest BCUT2D eigenvalue weighted by Crippen LogP contribution is 2.18. The van der Waals surface area contributed by atoms with Gasteiger partial charge in [-0.15, -0.1) is 0 Å². The second-order valence-electron chi connectivity index (χ2n) is 7.35. The Morgan fingerprint density at radius 2 is 1.83 bits per heavy atom. The fourth-order valence-electron chi connectivity index (χ4n) is 3.64. The van der Waals surface area contributed by atoms with E-state index in [1.54, 1.807) is 0 Å². The first-order valence-electron chi connectivity index (χ1n) is 9.25. The average molecular weight is 336 g/mol. The van der Waals surface area contributed by atoms with E-state index in [4.69, 9.17) is 4.74 Å². The minimum Gasteiger partial charge on any atom is -0.381 e. The first kappa shape index (κ1) is 19.2. The molecule has 0 spiro atoms. The lowest BCUT2D eigenvalue weighted by atomic mass is 9.93. The van der Waals surface area contributed by atoms with Crippen molar-refractivity contribution in [1.29, 1.82) is 5.26 Å². The smallest absolute Gasteiger partial charge is 0.236 e. The monoisotopic (exact) mass is 336 g/mol. The molecule has 0 bridgehead atoms. The van der Waals surface area contributed by atoms with Gasteiger partial charge in [0.15, 0.2) is 0 Å². The van der Waals surface area contributed by atoms with E-state index in [1.165, 1.54) is 0 Å². The Kier molecular flexibility index (Phi) is 7.47. The SMILES string of the molecule is CC(C)[C@@H](C#N)N1CCN(C(=O)CN[C@@H](C)C2CCOCC2)CC1. The molecule has 2 atom stereocenters. The first-order valence-corrected chi connectivity index (χ1v) is 9.25. The van der Waals surface area contributed by atoms with Crippen molar-refractivity contribution in [3.05, 3.63) is 0 Å². The zero-order valence-corrected chi connectivity index (χ0v) is 15.3. The summed E-state index contributed by atoms with van der Waals surface area (Å²) in [5.41, 5.74) is 0. The summed E-state index contributed by atoms with van der Waals surface area (Å²) in [5, 5.41) is 12.7. The number of rotatable bonds is 6. The van der Waals surface area contributed by atoms with Gasteiger partial charge in [0.05, 0.1) is 12.6 Å². The maximum Gasteiger partial charge on any atom is 0.236 e. The number of carbonyl (C=O) groups is 1. The third-order valence-electron chi connectivity index (χ3n) is 5.37. The molecule has 136 valence electrons. The van der Waals surface area contributed by atoms with Gasteiger partial charge >= 0.3 is 0 Å². The largest absolute Gasteiger partial charge is 0.381 e. The predicted octanol–water partition coefficient (Wildman–Crippen LogP) is 1.08. The van der Waals surface area contributed by atoms with E-state index >= 15 is 0 Å². The van der Waals surface area contributed by atoms with Crippen LogP contribution in [0.5, 0.6) is 0 Å². The van der Waals surface area contributed by atoms with Crippen molar-refractivity contribution in [1.82, 2.24) is 15.1 Å². The van der Waals surface area contributed by atoms with Crippen LogP contribution in [-0.2, 0) is 9.53 Å². The molecule has 1 N–H and O–H groups in total. The van der Waals surface area contributed by atoms with Crippen molar-refractivity contribution < 1.29 is 9.53 Å². The summed E-state index contributed by atoms with van der Waals surface area (Å²) >= 11 is 0. The van der Waals surface area contributed by atoms with E-state index in [0.717, 1.165) is 52.2 Å². The highest BCUT2D eigenvalue weighted by atomic mass is 16.5. The van der Waals surface area contributed by atoms with E-state index < -0.39 is 0 Å². The zero-order valence-electron chi connectivity index (χ0n) is 15.3. The number of hydrogen-bond donors (Lipinski definition) is 1. The standard InChI is InChI=1S/C18H32N4O2/c1-14(2)17(12-19)21-6-8-22(9-7-21)18(23)13-20-15(3)16-4-10-24-11-5-16/h14-17,20H,4-11,13H2,1-3H3/t15-,17+/m0/s1. The molecule has 6 nitrogen and oxygen atoms in total. The zero-order chi connectivity index (χ0) is 17.5. The third-order valence-corrected chi connectivity index (χ3v) is 5.37. The topological polar surface area (TPSA) is 68.6 Å². The molecule has 1 amide bonds. The van der Waals surface area contributed by atoms with Crippen molar-refractivity contribution >= 4 is 5.91 Å². The van der Waals surface area contributed by atoms with Crippen molar-refractivity contribution in [2.45, 2.75) is 45.7 Å². The molecule has 24 heavy (non-hydrogen) atoms. The molecule has 6 heteroatoms. The Labute approximate surface area is 146 Å². The average Bonchev–Trinajstić information content (AvgIpc) is 2.61. The van der Waals surface area contributed by atoms with E-state index in [0.29, 0.717) is 24.4 Å². The number of nitrogens with zero attached hydrogens (tertiary/aromatic N) is 3. The van der Waals surface area contributed by atoms with Crippen molar-refractivity contribution in [2.24, 2.45) is 11.8 Å². The van der Waals surface area contributed by atoms with Crippen LogP contribution in [0, 0.1) is 23.2 Å². The molecule has 0 radical (unpaired) electrons. The maximum absolute atomic E-state index is 12.4. The second-order valence-corrected chi connectivity index (χ2v) is 7.35. The van der Waals surface area contributed by atoms with Gasteiger partial charge < -0.3 is 15.0 Å². The Morgan fingerprint density at radius 3 is 2.38 bits per heavy atom. The molecule has 2 aliphatic rings. The number of ether oxygens (including phenoxy) is 1. The number of piperazine rings is 1. The molecule has 2 heterocycles. The van der Waals surface area contributed by atoms with Crippen molar-refractivity contribution in [3.63, 3.8) is 0 Å². The number of carbonyl (C=O) groups excluding carboxylic acids is 1. The quantitative estimate of drug-likeness (QED) is 0.786. The fraction of sp³-hybridized carbons (Fsp3) is 0.889. The molecule has 0 aliphatic carbocycles. The molecular weight excluding hydrogens is 304 g/mol. The van der Waals surface area contributed by atoms with Gasteiger partial charge in [-0.25, -0.2) is 0 Å². The summed E-state index contributed by atoms with van der Waals surface area (Å²) in [6.45, 7) is 11.4. The summed E-state index contributed by atoms with van der Waals surface area (Å²) in [4.78, 5) is 16.5. The van der Waals surface area contributed by atoms with Gasteiger partial charge in [-0.05, 0) is 31.6 Å². The lowest BCUT2D eigenvalue weighted by molar-refractivity contribution is -0.132. The van der Waals surface area contributed by atoms with Gasteiger partial charge in [0.2, 0.25) is 5.91 Å². The van der Waals surface area contributed by atoms with E-state index in [2.05, 4.69) is 37.1 Å². The number of nitrogens with one attached hydrogen (secondary N) is 1. The highest BCUT2D eigenvalue weighted by Gasteiger charge is 2.28. The molecule has 0 aromatic carbocycles. The molecule has 2 rings (SSSR count). The fourth-order valence-corrected chi connectivity index (χ4v) is 3.64. The Balaban J connectivity index is 1.71. The minimum atomic E-state index is -0.0473. The summed E-state index contributed by atoms with van der Waals surface area (Å²) in [7, 11) is 0. The van der Waals surface area contributed by atoms with Crippen molar-refractivity contribution in [2.75, 3.05) is 45.9 Å². The van der Waals surface area contributed by atoms with Crippen LogP contribution >= 0.6 is 0 Å². The lowest BCUT2D eigenvalue weighted by Crippen LogP contribution is -2.54. The van der Waals surface area contributed by atoms with Crippen molar-refractivity contribution in [3.8, 4) is 6.07 Å². The normalized spacial score (nSPS) is 23.0. The van der Waals surface area contributed by atoms with Crippen LogP contribution in [0.25, 0.3) is 0 Å². The van der Waals surface area contributed by atoms with Crippen LogP contribution in [0.15, 0.2) is 0 Å². The lowest BCUT2D eigenvalue weighted by Gasteiger charge is -2.38. The van der Waals surface area contributed by atoms with Crippen LogP contribution in [0.1, 0.15) is 33.6 Å². The molecule has 2 fully saturated rings. The predicted molar refractivity (Wildman–Crippen MR) is 93.4 cm³/mol.